The molecule has 3 atom stereocenters. The van der Waals surface area contributed by atoms with Crippen LogP contribution in [0.15, 0.2) is 0 Å². The van der Waals surface area contributed by atoms with Crippen molar-refractivity contribution in [3.8, 4) is 0 Å². The molecule has 0 spiro atoms. The molecule has 1 rings (SSSR count). The normalized spacial score (nSPS) is 22.4. The molecule has 0 radical (unpaired) electrons. The van der Waals surface area contributed by atoms with Crippen molar-refractivity contribution in [3.63, 3.8) is 0 Å². The fourth-order valence-electron chi connectivity index (χ4n) is 2.98. The zero-order valence-electron chi connectivity index (χ0n) is 17.0. The van der Waals surface area contributed by atoms with Gasteiger partial charge < -0.3 is 25.0 Å². The van der Waals surface area contributed by atoms with E-state index in [1.165, 1.54) is 4.90 Å². The fourth-order valence-corrected chi connectivity index (χ4v) is 2.98. The first kappa shape index (κ1) is 22.7. The summed E-state index contributed by atoms with van der Waals surface area (Å²) in [7, 11) is 3.35. The first-order valence-corrected chi connectivity index (χ1v) is 9.13. The Balaban J connectivity index is 2.86. The van der Waals surface area contributed by atoms with Crippen LogP contribution in [0.3, 0.4) is 0 Å². The average Bonchev–Trinajstić information content (AvgIpc) is 2.53. The second kappa shape index (κ2) is 9.57. The first-order chi connectivity index (χ1) is 12.4. The lowest BCUT2D eigenvalue weighted by atomic mass is 9.81. The van der Waals surface area contributed by atoms with Gasteiger partial charge >= 0.3 is 18.0 Å². The molecule has 27 heavy (non-hydrogen) atoms. The van der Waals surface area contributed by atoms with Crippen molar-refractivity contribution in [2.75, 3.05) is 20.7 Å². The highest BCUT2D eigenvalue weighted by atomic mass is 16.6. The van der Waals surface area contributed by atoms with Gasteiger partial charge in [-0.1, -0.05) is 0 Å². The van der Waals surface area contributed by atoms with Gasteiger partial charge in [-0.2, -0.15) is 0 Å². The molecule has 1 saturated carbocycles. The summed E-state index contributed by atoms with van der Waals surface area (Å²) in [6.45, 7) is 6.93. The Morgan fingerprint density at radius 2 is 1.67 bits per heavy atom. The molecule has 0 aromatic heterocycles. The van der Waals surface area contributed by atoms with Gasteiger partial charge in [0.1, 0.15) is 5.60 Å². The number of alkyl carbamates (subject to hydrolysis) is 1. The average molecular weight is 385 g/mol. The van der Waals surface area contributed by atoms with Gasteiger partial charge in [-0.3, -0.25) is 9.59 Å². The van der Waals surface area contributed by atoms with E-state index in [9.17, 15) is 19.2 Å². The third-order valence-corrected chi connectivity index (χ3v) is 4.12. The van der Waals surface area contributed by atoms with E-state index in [0.717, 1.165) is 0 Å². The Kier molecular flexibility index (Phi) is 8.05. The van der Waals surface area contributed by atoms with Gasteiger partial charge in [0.2, 0.25) is 5.91 Å². The molecule has 0 aromatic carbocycles. The standard InChI is InChI=1S/C18H31N3O6/c1-7-26-16(24)14(22)19-12-9-8-11(15(23)21(5)6)10-13(12)20-17(25)27-18(2,3)4/h11-13H,7-10H2,1-6H3,(H,19,22)(H,20,25)/t11-,12-,13+/m0/s1. The van der Waals surface area contributed by atoms with Crippen molar-refractivity contribution in [1.29, 1.82) is 0 Å². The van der Waals surface area contributed by atoms with Crippen molar-refractivity contribution < 1.29 is 28.7 Å². The summed E-state index contributed by atoms with van der Waals surface area (Å²) < 4.78 is 9.97. The van der Waals surface area contributed by atoms with Crippen LogP contribution in [0.4, 0.5) is 4.79 Å². The Morgan fingerprint density at radius 3 is 2.19 bits per heavy atom. The molecule has 0 saturated heterocycles. The predicted molar refractivity (Wildman–Crippen MR) is 97.8 cm³/mol. The maximum Gasteiger partial charge on any atom is 0.407 e. The van der Waals surface area contributed by atoms with E-state index in [1.54, 1.807) is 41.8 Å². The van der Waals surface area contributed by atoms with Gasteiger partial charge in [-0.15, -0.1) is 0 Å². The number of carbonyl (C=O) groups excluding carboxylic acids is 4. The van der Waals surface area contributed by atoms with Crippen molar-refractivity contribution in [2.24, 2.45) is 5.92 Å². The molecular weight excluding hydrogens is 354 g/mol. The molecule has 9 heteroatoms. The summed E-state index contributed by atoms with van der Waals surface area (Å²) in [5, 5.41) is 5.33. The molecule has 9 nitrogen and oxygen atoms in total. The Hall–Kier alpha value is -2.32. The van der Waals surface area contributed by atoms with Gasteiger partial charge in [0.25, 0.3) is 0 Å². The summed E-state index contributed by atoms with van der Waals surface area (Å²) >= 11 is 0. The minimum absolute atomic E-state index is 0.0406. The largest absolute Gasteiger partial charge is 0.459 e. The lowest BCUT2D eigenvalue weighted by Crippen LogP contribution is -2.57. The van der Waals surface area contributed by atoms with E-state index in [4.69, 9.17) is 9.47 Å². The number of carbonyl (C=O) groups is 4. The number of amides is 3. The van der Waals surface area contributed by atoms with Crippen LogP contribution in [-0.2, 0) is 23.9 Å². The van der Waals surface area contributed by atoms with Crippen LogP contribution in [0.25, 0.3) is 0 Å². The maximum absolute atomic E-state index is 12.3. The smallest absolute Gasteiger partial charge is 0.407 e. The monoisotopic (exact) mass is 385 g/mol. The molecule has 2 N–H and O–H groups in total. The van der Waals surface area contributed by atoms with Crippen LogP contribution in [0, 0.1) is 5.92 Å². The van der Waals surface area contributed by atoms with E-state index < -0.39 is 35.7 Å². The summed E-state index contributed by atoms with van der Waals surface area (Å²) in [6.07, 6.45) is 0.679. The third kappa shape index (κ3) is 7.44. The SMILES string of the molecule is CCOC(=O)C(=O)N[C@H]1CC[C@H](C(=O)N(C)C)C[C@H]1NC(=O)OC(C)(C)C. The van der Waals surface area contributed by atoms with Gasteiger partial charge in [-0.25, -0.2) is 9.59 Å². The van der Waals surface area contributed by atoms with E-state index in [2.05, 4.69) is 10.6 Å². The quantitative estimate of drug-likeness (QED) is 0.547. The van der Waals surface area contributed by atoms with Gasteiger partial charge in [0.05, 0.1) is 12.6 Å². The van der Waals surface area contributed by atoms with Crippen LogP contribution >= 0.6 is 0 Å². The molecular formula is C18H31N3O6. The number of hydrogen-bond donors (Lipinski definition) is 2. The van der Waals surface area contributed by atoms with Gasteiger partial charge in [0.15, 0.2) is 0 Å². The van der Waals surface area contributed by atoms with Crippen molar-refractivity contribution in [3.05, 3.63) is 0 Å². The highest BCUT2D eigenvalue weighted by molar-refractivity contribution is 6.32. The Labute approximate surface area is 160 Å². The first-order valence-electron chi connectivity index (χ1n) is 9.13. The molecule has 0 aromatic rings. The van der Waals surface area contributed by atoms with Crippen molar-refractivity contribution >= 4 is 23.9 Å². The van der Waals surface area contributed by atoms with Crippen LogP contribution in [0.1, 0.15) is 47.0 Å². The van der Waals surface area contributed by atoms with Crippen molar-refractivity contribution in [1.82, 2.24) is 15.5 Å². The highest BCUT2D eigenvalue weighted by Gasteiger charge is 2.37. The van der Waals surface area contributed by atoms with Crippen molar-refractivity contribution in [2.45, 2.75) is 64.6 Å². The zero-order chi connectivity index (χ0) is 20.8. The number of rotatable bonds is 4. The second-order valence-electron chi connectivity index (χ2n) is 7.80. The highest BCUT2D eigenvalue weighted by Crippen LogP contribution is 2.26. The lowest BCUT2D eigenvalue weighted by Gasteiger charge is -2.37. The summed E-state index contributed by atoms with van der Waals surface area (Å²) in [5.41, 5.74) is -0.679. The minimum Gasteiger partial charge on any atom is -0.459 e. The molecule has 154 valence electrons. The Bertz CT molecular complexity index is 570. The maximum atomic E-state index is 12.3. The lowest BCUT2D eigenvalue weighted by molar-refractivity contribution is -0.155. The molecule has 1 aliphatic rings. The topological polar surface area (TPSA) is 114 Å². The molecule has 0 bridgehead atoms. The number of nitrogens with zero attached hydrogens (tertiary/aromatic N) is 1. The number of hydrogen-bond acceptors (Lipinski definition) is 6. The van der Waals surface area contributed by atoms with E-state index in [-0.39, 0.29) is 18.4 Å². The van der Waals surface area contributed by atoms with Crippen LogP contribution in [0.5, 0.6) is 0 Å². The van der Waals surface area contributed by atoms with Gasteiger partial charge in [-0.05, 0) is 47.0 Å². The van der Waals surface area contributed by atoms with Crippen LogP contribution in [-0.4, -0.2) is 67.2 Å². The summed E-state index contributed by atoms with van der Waals surface area (Å²) in [5.74, 6) is -2.16. The summed E-state index contributed by atoms with van der Waals surface area (Å²) in [4.78, 5) is 49.5. The second-order valence-corrected chi connectivity index (χ2v) is 7.80. The minimum atomic E-state index is -0.972. The molecule has 3 amide bonds. The van der Waals surface area contributed by atoms with E-state index >= 15 is 0 Å². The third-order valence-electron chi connectivity index (χ3n) is 4.12. The van der Waals surface area contributed by atoms with Gasteiger partial charge in [0, 0.05) is 26.1 Å². The number of ether oxygens (including phenoxy) is 2. The zero-order valence-corrected chi connectivity index (χ0v) is 17.0. The molecule has 0 aliphatic heterocycles. The molecule has 0 unspecified atom stereocenters. The Morgan fingerprint density at radius 1 is 1.04 bits per heavy atom. The van der Waals surface area contributed by atoms with Crippen LogP contribution in [0.2, 0.25) is 0 Å². The van der Waals surface area contributed by atoms with E-state index in [1.807, 2.05) is 0 Å². The van der Waals surface area contributed by atoms with Crippen LogP contribution < -0.4 is 10.6 Å². The number of nitrogens with one attached hydrogen (secondary N) is 2. The predicted octanol–water partition coefficient (Wildman–Crippen LogP) is 0.816. The summed E-state index contributed by atoms with van der Waals surface area (Å²) in [6, 6.07) is -1.04. The number of esters is 1. The molecule has 1 aliphatic carbocycles. The molecule has 0 heterocycles. The fraction of sp³-hybridized carbons (Fsp3) is 0.778. The molecule has 1 fully saturated rings. The van der Waals surface area contributed by atoms with E-state index in [0.29, 0.717) is 19.3 Å².